The molecule has 0 spiro atoms. The number of nitrogens with one attached hydrogen (secondary N) is 2. The maximum atomic E-state index is 11.6. The molecule has 2 aliphatic rings. The minimum atomic E-state index is 0.128. The molecule has 1 amide bonds. The highest BCUT2D eigenvalue weighted by molar-refractivity contribution is 5.78. The molecule has 2 saturated carbocycles. The van der Waals surface area contributed by atoms with E-state index >= 15 is 0 Å². The van der Waals surface area contributed by atoms with Crippen molar-refractivity contribution in [3.05, 3.63) is 0 Å². The lowest BCUT2D eigenvalue weighted by atomic mass is 9.64. The molecule has 0 aromatic heterocycles. The molecule has 17 heavy (non-hydrogen) atoms. The van der Waals surface area contributed by atoms with E-state index < -0.39 is 0 Å². The Morgan fingerprint density at radius 3 is 2.65 bits per heavy atom. The first-order chi connectivity index (χ1) is 8.04. The van der Waals surface area contributed by atoms with E-state index in [1.165, 1.54) is 0 Å². The van der Waals surface area contributed by atoms with Gasteiger partial charge < -0.3 is 15.4 Å². The summed E-state index contributed by atoms with van der Waals surface area (Å²) < 4.78 is 5.66. The van der Waals surface area contributed by atoms with Crippen molar-refractivity contribution < 1.29 is 9.53 Å². The smallest absolute Gasteiger partial charge is 0.234 e. The van der Waals surface area contributed by atoms with Crippen molar-refractivity contribution in [2.45, 2.75) is 58.2 Å². The molecule has 0 bridgehead atoms. The largest absolute Gasteiger partial charge is 0.378 e. The molecule has 98 valence electrons. The van der Waals surface area contributed by atoms with E-state index in [-0.39, 0.29) is 11.3 Å². The Hall–Kier alpha value is -0.610. The molecule has 0 heterocycles. The van der Waals surface area contributed by atoms with Gasteiger partial charge in [-0.25, -0.2) is 0 Å². The number of carbonyl (C=O) groups excluding carboxylic acids is 1. The van der Waals surface area contributed by atoms with Gasteiger partial charge in [0.15, 0.2) is 0 Å². The number of rotatable bonds is 6. The maximum Gasteiger partial charge on any atom is 0.234 e. The maximum absolute atomic E-state index is 11.6. The average molecular weight is 240 g/mol. The molecule has 0 radical (unpaired) electrons. The molecule has 4 nitrogen and oxygen atoms in total. The van der Waals surface area contributed by atoms with Gasteiger partial charge in [0.1, 0.15) is 0 Å². The number of hydrogen-bond acceptors (Lipinski definition) is 3. The van der Waals surface area contributed by atoms with Crippen LogP contribution in [-0.2, 0) is 9.53 Å². The van der Waals surface area contributed by atoms with Gasteiger partial charge in [0.25, 0.3) is 0 Å². The van der Waals surface area contributed by atoms with Gasteiger partial charge in [0, 0.05) is 24.1 Å². The lowest BCUT2D eigenvalue weighted by Gasteiger charge is -2.51. The predicted octanol–water partition coefficient (Wildman–Crippen LogP) is 1.06. The summed E-state index contributed by atoms with van der Waals surface area (Å²) in [6.45, 7) is 7.63. The zero-order chi connectivity index (χ0) is 12.5. The summed E-state index contributed by atoms with van der Waals surface area (Å²) in [7, 11) is 0. The molecule has 2 unspecified atom stereocenters. The number of carbonyl (C=O) groups is 1. The van der Waals surface area contributed by atoms with Crippen LogP contribution in [0.4, 0.5) is 0 Å². The van der Waals surface area contributed by atoms with E-state index in [0.717, 1.165) is 25.9 Å². The van der Waals surface area contributed by atoms with Crippen LogP contribution in [0.15, 0.2) is 0 Å². The Labute approximate surface area is 103 Å². The molecule has 2 rings (SSSR count). The molecule has 0 aromatic rings. The van der Waals surface area contributed by atoms with Gasteiger partial charge in [-0.2, -0.15) is 0 Å². The third-order valence-electron chi connectivity index (χ3n) is 4.00. The van der Waals surface area contributed by atoms with E-state index in [1.807, 2.05) is 6.92 Å². The van der Waals surface area contributed by atoms with Crippen LogP contribution in [0.5, 0.6) is 0 Å². The van der Waals surface area contributed by atoms with Gasteiger partial charge in [-0.3, -0.25) is 4.79 Å². The zero-order valence-corrected chi connectivity index (χ0v) is 11.1. The van der Waals surface area contributed by atoms with Crippen LogP contribution in [0.3, 0.4) is 0 Å². The first-order valence-electron chi connectivity index (χ1n) is 6.68. The fourth-order valence-corrected chi connectivity index (χ4v) is 2.44. The highest BCUT2D eigenvalue weighted by Crippen LogP contribution is 2.42. The summed E-state index contributed by atoms with van der Waals surface area (Å²) in [5.74, 6) is 0.128. The van der Waals surface area contributed by atoms with Crippen molar-refractivity contribution in [1.29, 1.82) is 0 Å². The lowest BCUT2D eigenvalue weighted by molar-refractivity contribution is -0.126. The molecule has 2 N–H and O–H groups in total. The molecule has 2 fully saturated rings. The van der Waals surface area contributed by atoms with Gasteiger partial charge >= 0.3 is 0 Å². The zero-order valence-electron chi connectivity index (χ0n) is 11.1. The number of amides is 1. The topological polar surface area (TPSA) is 50.4 Å². The van der Waals surface area contributed by atoms with Crippen LogP contribution in [0.25, 0.3) is 0 Å². The molecule has 2 aliphatic carbocycles. The molecule has 0 aromatic carbocycles. The van der Waals surface area contributed by atoms with Crippen molar-refractivity contribution in [1.82, 2.24) is 10.6 Å². The Balaban J connectivity index is 1.68. The van der Waals surface area contributed by atoms with E-state index in [0.29, 0.717) is 24.7 Å². The quantitative estimate of drug-likeness (QED) is 0.730. The van der Waals surface area contributed by atoms with Gasteiger partial charge in [0.2, 0.25) is 5.91 Å². The lowest BCUT2D eigenvalue weighted by Crippen LogP contribution is -2.62. The van der Waals surface area contributed by atoms with Crippen LogP contribution >= 0.6 is 0 Å². The monoisotopic (exact) mass is 240 g/mol. The summed E-state index contributed by atoms with van der Waals surface area (Å²) in [6, 6.07) is 0.846. The van der Waals surface area contributed by atoms with Crippen LogP contribution in [0.2, 0.25) is 0 Å². The van der Waals surface area contributed by atoms with Crippen molar-refractivity contribution in [3.63, 3.8) is 0 Å². The normalized spacial score (nSPS) is 30.8. The number of ether oxygens (including phenoxy) is 1. The Bertz CT molecular complexity index is 287. The second kappa shape index (κ2) is 4.94. The van der Waals surface area contributed by atoms with E-state index in [9.17, 15) is 4.79 Å². The first-order valence-corrected chi connectivity index (χ1v) is 6.68. The van der Waals surface area contributed by atoms with Crippen LogP contribution in [-0.4, -0.2) is 37.2 Å². The fourth-order valence-electron chi connectivity index (χ4n) is 2.44. The minimum absolute atomic E-state index is 0.128. The van der Waals surface area contributed by atoms with Crippen LogP contribution in [0, 0.1) is 5.41 Å². The summed E-state index contributed by atoms with van der Waals surface area (Å²) in [6.07, 6.45) is 3.63. The molecule has 2 atom stereocenters. The van der Waals surface area contributed by atoms with Gasteiger partial charge in [0.05, 0.1) is 12.6 Å². The van der Waals surface area contributed by atoms with Crippen molar-refractivity contribution >= 4 is 5.91 Å². The average Bonchev–Trinajstić information content (AvgIpc) is 3.06. The van der Waals surface area contributed by atoms with Gasteiger partial charge in [-0.05, 0) is 26.2 Å². The van der Waals surface area contributed by atoms with Gasteiger partial charge in [-0.15, -0.1) is 0 Å². The minimum Gasteiger partial charge on any atom is -0.378 e. The first kappa shape index (κ1) is 12.8. The third-order valence-corrected chi connectivity index (χ3v) is 4.00. The second-order valence-electron chi connectivity index (χ2n) is 5.78. The molecule has 4 heteroatoms. The molecular formula is C13H24N2O2. The summed E-state index contributed by atoms with van der Waals surface area (Å²) in [4.78, 5) is 11.6. The van der Waals surface area contributed by atoms with E-state index in [2.05, 4.69) is 24.5 Å². The fraction of sp³-hybridized carbons (Fsp3) is 0.923. The summed E-state index contributed by atoms with van der Waals surface area (Å²) >= 11 is 0. The van der Waals surface area contributed by atoms with Crippen LogP contribution < -0.4 is 10.6 Å². The Morgan fingerprint density at radius 2 is 2.12 bits per heavy atom. The van der Waals surface area contributed by atoms with Crippen LogP contribution in [0.1, 0.15) is 40.0 Å². The van der Waals surface area contributed by atoms with Crippen molar-refractivity contribution in [2.24, 2.45) is 5.41 Å². The molecule has 0 aliphatic heterocycles. The molecular weight excluding hydrogens is 216 g/mol. The Morgan fingerprint density at radius 1 is 1.41 bits per heavy atom. The molecule has 0 saturated heterocycles. The standard InChI is InChI=1S/C13H24N2O2/c1-4-17-11-7-10(13(11,2)3)14-8-12(16)15-9-5-6-9/h9-11,14H,4-8H2,1-3H3,(H,15,16). The van der Waals surface area contributed by atoms with E-state index in [1.54, 1.807) is 0 Å². The SMILES string of the molecule is CCOC1CC(NCC(=O)NC2CC2)C1(C)C. The number of hydrogen-bond donors (Lipinski definition) is 2. The Kier molecular flexibility index (Phi) is 3.73. The van der Waals surface area contributed by atoms with Gasteiger partial charge in [-0.1, -0.05) is 13.8 Å². The van der Waals surface area contributed by atoms with Crippen molar-refractivity contribution in [3.8, 4) is 0 Å². The summed E-state index contributed by atoms with van der Waals surface area (Å²) in [5.41, 5.74) is 0.135. The summed E-state index contributed by atoms with van der Waals surface area (Å²) in [5, 5.41) is 6.33. The van der Waals surface area contributed by atoms with E-state index in [4.69, 9.17) is 4.74 Å². The predicted molar refractivity (Wildman–Crippen MR) is 66.8 cm³/mol. The second-order valence-corrected chi connectivity index (χ2v) is 5.78. The highest BCUT2D eigenvalue weighted by atomic mass is 16.5. The third kappa shape index (κ3) is 2.99. The van der Waals surface area contributed by atoms with Crippen molar-refractivity contribution in [2.75, 3.05) is 13.2 Å². The highest BCUT2D eigenvalue weighted by Gasteiger charge is 2.48.